The number of methoxy groups -OCH3 is 2. The van der Waals surface area contributed by atoms with E-state index in [1.54, 1.807) is 12.1 Å². The Bertz CT molecular complexity index is 1080. The number of halogens is 2. The summed E-state index contributed by atoms with van der Waals surface area (Å²) >= 11 is 12.6. The largest absolute Gasteiger partial charge is 0.495 e. The zero-order chi connectivity index (χ0) is 22.5. The quantitative estimate of drug-likeness (QED) is 0.450. The average molecular weight is 463 g/mol. The number of carbonyl (C=O) groups is 1. The van der Waals surface area contributed by atoms with Crippen LogP contribution in [0.2, 0.25) is 10.0 Å². The van der Waals surface area contributed by atoms with E-state index in [9.17, 15) is 4.79 Å². The second-order valence-electron chi connectivity index (χ2n) is 6.25. The first-order chi connectivity index (χ1) is 14.8. The van der Waals surface area contributed by atoms with Crippen LogP contribution in [0.5, 0.6) is 11.5 Å². The molecule has 0 saturated heterocycles. The summed E-state index contributed by atoms with van der Waals surface area (Å²) in [6, 6.07) is 9.84. The normalized spacial score (nSPS) is 10.4. The molecule has 0 spiro atoms. The zero-order valence-corrected chi connectivity index (χ0v) is 18.5. The first-order valence-corrected chi connectivity index (χ1v) is 9.69. The van der Waals surface area contributed by atoms with Gasteiger partial charge in [-0.2, -0.15) is 0 Å². The third-order valence-electron chi connectivity index (χ3n) is 4.33. The number of ether oxygens (including phenoxy) is 2. The van der Waals surface area contributed by atoms with Gasteiger partial charge in [-0.25, -0.2) is 14.8 Å². The lowest BCUT2D eigenvalue weighted by Crippen LogP contribution is -2.32. The molecule has 1 heterocycles. The number of aromatic nitrogens is 2. The zero-order valence-electron chi connectivity index (χ0n) is 16.9. The van der Waals surface area contributed by atoms with Crippen LogP contribution in [-0.4, -0.2) is 37.3 Å². The summed E-state index contributed by atoms with van der Waals surface area (Å²) in [6.45, 7) is 0. The van der Waals surface area contributed by atoms with Crippen molar-refractivity contribution in [1.82, 2.24) is 9.97 Å². The molecule has 9 nitrogen and oxygen atoms in total. The number of nitrogens with two attached hydrogens (primary N) is 1. The highest BCUT2D eigenvalue weighted by Crippen LogP contribution is 2.44. The van der Waals surface area contributed by atoms with E-state index < -0.39 is 6.03 Å². The minimum absolute atomic E-state index is 0.139. The summed E-state index contributed by atoms with van der Waals surface area (Å²) in [5, 5.41) is 6.04. The van der Waals surface area contributed by atoms with Gasteiger partial charge in [0.1, 0.15) is 39.5 Å². The van der Waals surface area contributed by atoms with E-state index in [1.165, 1.54) is 38.6 Å². The number of urea groups is 1. The molecule has 3 rings (SSSR count). The molecule has 0 radical (unpaired) electrons. The van der Waals surface area contributed by atoms with Crippen LogP contribution < -0.4 is 30.7 Å². The number of benzene rings is 2. The lowest BCUT2D eigenvalue weighted by Gasteiger charge is -2.20. The fourth-order valence-electron chi connectivity index (χ4n) is 2.64. The first-order valence-electron chi connectivity index (χ1n) is 8.94. The number of nitrogens with one attached hydrogen (secondary N) is 2. The van der Waals surface area contributed by atoms with Crippen molar-refractivity contribution in [1.29, 1.82) is 0 Å². The predicted octanol–water partition coefficient (Wildman–Crippen LogP) is 4.79. The van der Waals surface area contributed by atoms with Crippen LogP contribution in [0.15, 0.2) is 42.7 Å². The van der Waals surface area contributed by atoms with Crippen molar-refractivity contribution < 1.29 is 14.3 Å². The Hall–Kier alpha value is -3.43. The van der Waals surface area contributed by atoms with Crippen molar-refractivity contribution in [2.75, 3.05) is 42.5 Å². The standard InChI is InChI=1S/C20H20Cl2N6O3/c1-28(16-9-15(24-10-25-16)26-12-7-5-4-6-11(12)23)20(29)27-19-17(21)13(30-2)8-14(31-3)18(19)22/h4-10H,23H2,1-3H3,(H,27,29)(H,24,25,26). The van der Waals surface area contributed by atoms with Crippen molar-refractivity contribution in [3.63, 3.8) is 0 Å². The molecule has 31 heavy (non-hydrogen) atoms. The molecule has 2 amide bonds. The van der Waals surface area contributed by atoms with Gasteiger partial charge < -0.3 is 25.8 Å². The molecule has 0 bridgehead atoms. The molecule has 1 aromatic heterocycles. The molecule has 0 aliphatic carbocycles. The Kier molecular flexibility index (Phi) is 6.88. The van der Waals surface area contributed by atoms with Crippen molar-refractivity contribution in [3.05, 3.63) is 52.8 Å². The van der Waals surface area contributed by atoms with Crippen LogP contribution in [0, 0.1) is 0 Å². The van der Waals surface area contributed by atoms with Gasteiger partial charge in [-0.05, 0) is 12.1 Å². The molecule has 11 heteroatoms. The maximum atomic E-state index is 12.9. The topological polar surface area (TPSA) is 115 Å². The molecular weight excluding hydrogens is 443 g/mol. The highest BCUT2D eigenvalue weighted by Gasteiger charge is 2.21. The van der Waals surface area contributed by atoms with Crippen LogP contribution >= 0.6 is 23.2 Å². The third kappa shape index (κ3) is 4.84. The average Bonchev–Trinajstić information content (AvgIpc) is 2.78. The van der Waals surface area contributed by atoms with E-state index in [0.717, 1.165) is 0 Å². The van der Waals surface area contributed by atoms with Gasteiger partial charge in [0.2, 0.25) is 0 Å². The highest BCUT2D eigenvalue weighted by molar-refractivity contribution is 6.41. The Morgan fingerprint density at radius 2 is 1.71 bits per heavy atom. The molecule has 0 aliphatic rings. The number of nitrogens with zero attached hydrogens (tertiary/aromatic N) is 3. The lowest BCUT2D eigenvalue weighted by molar-refractivity contribution is 0.258. The summed E-state index contributed by atoms with van der Waals surface area (Å²) < 4.78 is 10.4. The minimum Gasteiger partial charge on any atom is -0.495 e. The third-order valence-corrected chi connectivity index (χ3v) is 5.08. The van der Waals surface area contributed by atoms with E-state index in [0.29, 0.717) is 34.5 Å². The van der Waals surface area contributed by atoms with Gasteiger partial charge in [0.05, 0.1) is 31.3 Å². The van der Waals surface area contributed by atoms with Gasteiger partial charge in [0.15, 0.2) is 0 Å². The second kappa shape index (κ2) is 9.59. The van der Waals surface area contributed by atoms with Gasteiger partial charge in [0, 0.05) is 19.2 Å². The van der Waals surface area contributed by atoms with Gasteiger partial charge >= 0.3 is 6.03 Å². The summed E-state index contributed by atoms with van der Waals surface area (Å²) in [6.07, 6.45) is 1.33. The number of rotatable bonds is 6. The number of nitrogen functional groups attached to an aromatic ring is 1. The van der Waals surface area contributed by atoms with Crippen LogP contribution in [-0.2, 0) is 0 Å². The van der Waals surface area contributed by atoms with E-state index in [-0.39, 0.29) is 15.7 Å². The summed E-state index contributed by atoms with van der Waals surface area (Å²) in [5.41, 5.74) is 7.35. The number of anilines is 5. The van der Waals surface area contributed by atoms with Crippen molar-refractivity contribution in [3.8, 4) is 11.5 Å². The predicted molar refractivity (Wildman–Crippen MR) is 123 cm³/mol. The molecule has 2 aromatic carbocycles. The number of para-hydroxylation sites is 2. The maximum absolute atomic E-state index is 12.9. The van der Waals surface area contributed by atoms with Crippen molar-refractivity contribution in [2.45, 2.75) is 0 Å². The van der Waals surface area contributed by atoms with Crippen LogP contribution in [0.4, 0.5) is 33.5 Å². The van der Waals surface area contributed by atoms with E-state index in [2.05, 4.69) is 20.6 Å². The molecule has 0 unspecified atom stereocenters. The Balaban J connectivity index is 1.84. The molecule has 4 N–H and O–H groups in total. The molecule has 3 aromatic rings. The number of amides is 2. The Labute approximate surface area is 189 Å². The van der Waals surface area contributed by atoms with Gasteiger partial charge in [0.25, 0.3) is 0 Å². The summed E-state index contributed by atoms with van der Waals surface area (Å²) in [5.74, 6) is 1.39. The van der Waals surface area contributed by atoms with Crippen molar-refractivity contribution >= 4 is 57.9 Å². The molecule has 0 fully saturated rings. The van der Waals surface area contributed by atoms with Gasteiger partial charge in [-0.1, -0.05) is 35.3 Å². The molecule has 0 saturated carbocycles. The fourth-order valence-corrected chi connectivity index (χ4v) is 3.23. The van der Waals surface area contributed by atoms with E-state index in [4.69, 9.17) is 38.4 Å². The molecular formula is C20H20Cl2N6O3. The van der Waals surface area contributed by atoms with Gasteiger partial charge in [-0.15, -0.1) is 0 Å². The van der Waals surface area contributed by atoms with Crippen LogP contribution in [0.3, 0.4) is 0 Å². The van der Waals surface area contributed by atoms with Crippen LogP contribution in [0.25, 0.3) is 0 Å². The number of hydrogen-bond acceptors (Lipinski definition) is 7. The molecule has 162 valence electrons. The summed E-state index contributed by atoms with van der Waals surface area (Å²) in [7, 11) is 4.43. The molecule has 0 aliphatic heterocycles. The first kappa shape index (κ1) is 22.3. The van der Waals surface area contributed by atoms with Crippen LogP contribution in [0.1, 0.15) is 0 Å². The Morgan fingerprint density at radius 1 is 1.06 bits per heavy atom. The smallest absolute Gasteiger partial charge is 0.327 e. The highest BCUT2D eigenvalue weighted by atomic mass is 35.5. The SMILES string of the molecule is COc1cc(OC)c(Cl)c(NC(=O)N(C)c2cc(Nc3ccccc3N)ncn2)c1Cl. The lowest BCUT2D eigenvalue weighted by atomic mass is 10.2. The van der Waals surface area contributed by atoms with Gasteiger partial charge in [-0.3, -0.25) is 4.90 Å². The second-order valence-corrected chi connectivity index (χ2v) is 7.00. The van der Waals surface area contributed by atoms with E-state index in [1.807, 2.05) is 18.2 Å². The van der Waals surface area contributed by atoms with Crippen molar-refractivity contribution in [2.24, 2.45) is 0 Å². The monoisotopic (exact) mass is 462 g/mol. The fraction of sp³-hybridized carbons (Fsp3) is 0.150. The minimum atomic E-state index is -0.539. The van der Waals surface area contributed by atoms with E-state index >= 15 is 0 Å². The number of carbonyl (C=O) groups excluding carboxylic acids is 1. The maximum Gasteiger partial charge on any atom is 0.327 e. The number of hydrogen-bond donors (Lipinski definition) is 3. The summed E-state index contributed by atoms with van der Waals surface area (Å²) in [4.78, 5) is 22.4. The molecule has 0 atom stereocenters. The Morgan fingerprint density at radius 3 is 2.32 bits per heavy atom.